The average Bonchev–Trinajstić information content (AvgIpc) is 3.23. The molecule has 2 N–H and O–H groups in total. The Bertz CT molecular complexity index is 852. The van der Waals surface area contributed by atoms with Gasteiger partial charge >= 0.3 is 6.03 Å². The largest absolute Gasteiger partial charge is 0.484 e. The van der Waals surface area contributed by atoms with Crippen LogP contribution in [0.2, 0.25) is 0 Å². The van der Waals surface area contributed by atoms with E-state index in [2.05, 4.69) is 10.6 Å². The third-order valence-corrected chi connectivity index (χ3v) is 4.19. The molecule has 0 bridgehead atoms. The standard InChI is InChI=1S/C20H20N4O3/c21-13-15-7-9-16(10-8-15)27-14-19(25)22-17-5-1-2-6-18(17)23-20(26)24-11-3-4-12-24/h1-2,5-10H,3-4,11-12,14H2,(H,22,25)(H,23,26). The molecule has 7 heteroatoms. The molecule has 2 aromatic rings. The molecule has 0 atom stereocenters. The minimum absolute atomic E-state index is 0.164. The lowest BCUT2D eigenvalue weighted by Crippen LogP contribution is -2.32. The van der Waals surface area contributed by atoms with Crippen molar-refractivity contribution < 1.29 is 14.3 Å². The number of nitriles is 1. The highest BCUT2D eigenvalue weighted by Crippen LogP contribution is 2.22. The van der Waals surface area contributed by atoms with E-state index < -0.39 is 0 Å². The van der Waals surface area contributed by atoms with Crippen LogP contribution in [0, 0.1) is 11.3 Å². The van der Waals surface area contributed by atoms with Crippen LogP contribution in [0.4, 0.5) is 16.2 Å². The summed E-state index contributed by atoms with van der Waals surface area (Å²) in [5.74, 6) is 0.155. The molecule has 0 saturated carbocycles. The second kappa shape index (κ2) is 8.72. The highest BCUT2D eigenvalue weighted by Gasteiger charge is 2.19. The molecule has 3 amide bonds. The van der Waals surface area contributed by atoms with Crippen molar-refractivity contribution in [3.8, 4) is 11.8 Å². The lowest BCUT2D eigenvalue weighted by atomic mass is 10.2. The Labute approximate surface area is 157 Å². The smallest absolute Gasteiger partial charge is 0.321 e. The summed E-state index contributed by atoms with van der Waals surface area (Å²) in [5, 5.41) is 14.4. The number of carbonyl (C=O) groups excluding carboxylic acids is 2. The van der Waals surface area contributed by atoms with Gasteiger partial charge in [0.25, 0.3) is 5.91 Å². The zero-order chi connectivity index (χ0) is 19.1. The number of amides is 3. The quantitative estimate of drug-likeness (QED) is 0.852. The van der Waals surface area contributed by atoms with Gasteiger partial charge in [0.2, 0.25) is 0 Å². The molecule has 3 rings (SSSR count). The van der Waals surface area contributed by atoms with Crippen molar-refractivity contribution in [1.29, 1.82) is 5.26 Å². The fraction of sp³-hybridized carbons (Fsp3) is 0.250. The molecule has 1 heterocycles. The zero-order valence-corrected chi connectivity index (χ0v) is 14.8. The third kappa shape index (κ3) is 4.98. The maximum atomic E-state index is 12.3. The van der Waals surface area contributed by atoms with E-state index in [-0.39, 0.29) is 18.5 Å². The number of para-hydroxylation sites is 2. The number of benzene rings is 2. The first-order valence-electron chi connectivity index (χ1n) is 8.73. The molecule has 0 unspecified atom stereocenters. The van der Waals surface area contributed by atoms with Crippen molar-refractivity contribution in [2.75, 3.05) is 30.3 Å². The Hall–Kier alpha value is -3.53. The van der Waals surface area contributed by atoms with Crippen molar-refractivity contribution in [2.24, 2.45) is 0 Å². The van der Waals surface area contributed by atoms with Crippen LogP contribution >= 0.6 is 0 Å². The molecule has 27 heavy (non-hydrogen) atoms. The maximum absolute atomic E-state index is 12.3. The van der Waals surface area contributed by atoms with Crippen LogP contribution in [0.5, 0.6) is 5.75 Å². The summed E-state index contributed by atoms with van der Waals surface area (Å²) in [5.41, 5.74) is 1.58. The van der Waals surface area contributed by atoms with Crippen LogP contribution in [0.25, 0.3) is 0 Å². The van der Waals surface area contributed by atoms with Gasteiger partial charge in [0, 0.05) is 13.1 Å². The number of nitrogens with one attached hydrogen (secondary N) is 2. The Morgan fingerprint density at radius 2 is 1.63 bits per heavy atom. The van der Waals surface area contributed by atoms with Gasteiger partial charge in [-0.05, 0) is 49.2 Å². The number of anilines is 2. The molecule has 0 aromatic heterocycles. The fourth-order valence-electron chi connectivity index (χ4n) is 2.78. The maximum Gasteiger partial charge on any atom is 0.321 e. The molecule has 1 saturated heterocycles. The van der Waals surface area contributed by atoms with E-state index in [0.29, 0.717) is 22.7 Å². The summed E-state index contributed by atoms with van der Waals surface area (Å²) in [7, 11) is 0. The van der Waals surface area contributed by atoms with Gasteiger partial charge in [0.15, 0.2) is 6.61 Å². The number of ether oxygens (including phenoxy) is 1. The summed E-state index contributed by atoms with van der Waals surface area (Å²) in [6.45, 7) is 1.32. The molecule has 7 nitrogen and oxygen atoms in total. The second-order valence-electron chi connectivity index (χ2n) is 6.14. The molecule has 1 fully saturated rings. The van der Waals surface area contributed by atoms with Gasteiger partial charge in [-0.1, -0.05) is 12.1 Å². The summed E-state index contributed by atoms with van der Waals surface area (Å²) in [4.78, 5) is 26.2. The molecular weight excluding hydrogens is 344 g/mol. The Balaban J connectivity index is 1.57. The average molecular weight is 364 g/mol. The minimum atomic E-state index is -0.345. The Morgan fingerprint density at radius 3 is 2.26 bits per heavy atom. The van der Waals surface area contributed by atoms with E-state index in [1.807, 2.05) is 6.07 Å². The van der Waals surface area contributed by atoms with Crippen LogP contribution in [-0.4, -0.2) is 36.5 Å². The van der Waals surface area contributed by atoms with Crippen molar-refractivity contribution in [1.82, 2.24) is 4.90 Å². The summed E-state index contributed by atoms with van der Waals surface area (Å²) in [6, 6.07) is 15.4. The number of carbonyl (C=O) groups is 2. The molecule has 0 aliphatic carbocycles. The number of rotatable bonds is 5. The molecular formula is C20H20N4O3. The molecule has 1 aliphatic heterocycles. The van der Waals surface area contributed by atoms with E-state index in [1.165, 1.54) is 0 Å². The number of nitrogens with zero attached hydrogens (tertiary/aromatic N) is 2. The van der Waals surface area contributed by atoms with Crippen LogP contribution in [0.15, 0.2) is 48.5 Å². The number of hydrogen-bond acceptors (Lipinski definition) is 4. The monoisotopic (exact) mass is 364 g/mol. The Kier molecular flexibility index (Phi) is 5.90. The topological polar surface area (TPSA) is 94.5 Å². The number of hydrogen-bond donors (Lipinski definition) is 2. The Morgan fingerprint density at radius 1 is 1.00 bits per heavy atom. The minimum Gasteiger partial charge on any atom is -0.484 e. The summed E-state index contributed by atoms with van der Waals surface area (Å²) >= 11 is 0. The number of likely N-dealkylation sites (tertiary alicyclic amines) is 1. The second-order valence-corrected chi connectivity index (χ2v) is 6.14. The normalized spacial score (nSPS) is 12.9. The first kappa shape index (κ1) is 18.3. The van der Waals surface area contributed by atoms with Crippen LogP contribution in [0.3, 0.4) is 0 Å². The van der Waals surface area contributed by atoms with E-state index >= 15 is 0 Å². The van der Waals surface area contributed by atoms with Gasteiger partial charge in [0.1, 0.15) is 5.75 Å². The zero-order valence-electron chi connectivity index (χ0n) is 14.8. The van der Waals surface area contributed by atoms with E-state index in [9.17, 15) is 9.59 Å². The van der Waals surface area contributed by atoms with E-state index in [4.69, 9.17) is 10.00 Å². The van der Waals surface area contributed by atoms with Gasteiger partial charge in [-0.15, -0.1) is 0 Å². The van der Waals surface area contributed by atoms with Crippen molar-refractivity contribution in [2.45, 2.75) is 12.8 Å². The van der Waals surface area contributed by atoms with Crippen LogP contribution in [0.1, 0.15) is 18.4 Å². The van der Waals surface area contributed by atoms with Gasteiger partial charge in [0.05, 0.1) is 23.0 Å². The SMILES string of the molecule is N#Cc1ccc(OCC(=O)Nc2ccccc2NC(=O)N2CCCC2)cc1. The summed E-state index contributed by atoms with van der Waals surface area (Å²) in [6.07, 6.45) is 2.02. The van der Waals surface area contributed by atoms with E-state index in [0.717, 1.165) is 25.9 Å². The van der Waals surface area contributed by atoms with Gasteiger partial charge in [-0.2, -0.15) is 5.26 Å². The van der Waals surface area contributed by atoms with Gasteiger partial charge < -0.3 is 20.3 Å². The summed E-state index contributed by atoms with van der Waals surface area (Å²) < 4.78 is 5.42. The predicted molar refractivity (Wildman–Crippen MR) is 102 cm³/mol. The molecule has 138 valence electrons. The van der Waals surface area contributed by atoms with Crippen LogP contribution < -0.4 is 15.4 Å². The first-order valence-corrected chi connectivity index (χ1v) is 8.73. The molecule has 0 radical (unpaired) electrons. The lowest BCUT2D eigenvalue weighted by molar-refractivity contribution is -0.118. The highest BCUT2D eigenvalue weighted by atomic mass is 16.5. The van der Waals surface area contributed by atoms with Crippen molar-refractivity contribution in [3.05, 3.63) is 54.1 Å². The van der Waals surface area contributed by atoms with E-state index in [1.54, 1.807) is 53.4 Å². The fourth-order valence-corrected chi connectivity index (χ4v) is 2.78. The predicted octanol–water partition coefficient (Wildman–Crippen LogP) is 3.20. The third-order valence-electron chi connectivity index (χ3n) is 4.19. The van der Waals surface area contributed by atoms with Crippen molar-refractivity contribution in [3.63, 3.8) is 0 Å². The molecule has 0 spiro atoms. The molecule has 2 aromatic carbocycles. The number of urea groups is 1. The van der Waals surface area contributed by atoms with Crippen molar-refractivity contribution >= 4 is 23.3 Å². The van der Waals surface area contributed by atoms with Gasteiger partial charge in [-0.25, -0.2) is 4.79 Å². The lowest BCUT2D eigenvalue weighted by Gasteiger charge is -2.18. The van der Waals surface area contributed by atoms with Gasteiger partial charge in [-0.3, -0.25) is 4.79 Å². The van der Waals surface area contributed by atoms with Crippen LogP contribution in [-0.2, 0) is 4.79 Å². The first-order chi connectivity index (χ1) is 13.2. The highest BCUT2D eigenvalue weighted by molar-refractivity contribution is 5.99. The molecule has 1 aliphatic rings.